The van der Waals surface area contributed by atoms with Gasteiger partial charge in [0.25, 0.3) is 0 Å². The third-order valence-electron chi connectivity index (χ3n) is 6.53. The second kappa shape index (κ2) is 13.3. The SMILES string of the molecule is CCOC(=O)Cc1ccc(COC)cc1OCc1coc2c(OCc3nccs3)cc(-c3cccc(C(=N)N)c3)cc12. The van der Waals surface area contributed by atoms with Gasteiger partial charge in [0.15, 0.2) is 11.3 Å². The van der Waals surface area contributed by atoms with Gasteiger partial charge in [-0.25, -0.2) is 4.98 Å². The number of nitrogens with zero attached hydrogens (tertiary/aromatic N) is 1. The lowest BCUT2D eigenvalue weighted by molar-refractivity contribution is -0.142. The molecule has 0 amide bonds. The molecule has 0 aliphatic carbocycles. The maximum Gasteiger partial charge on any atom is 0.310 e. The number of rotatable bonds is 13. The van der Waals surface area contributed by atoms with Gasteiger partial charge in [0.1, 0.15) is 29.8 Å². The zero-order valence-electron chi connectivity index (χ0n) is 23.3. The van der Waals surface area contributed by atoms with E-state index in [9.17, 15) is 4.79 Å². The largest absolute Gasteiger partial charge is 0.488 e. The van der Waals surface area contributed by atoms with Crippen molar-refractivity contribution in [1.29, 1.82) is 5.41 Å². The lowest BCUT2D eigenvalue weighted by Crippen LogP contribution is -2.10. The number of esters is 1. The number of hydrogen-bond acceptors (Lipinski definition) is 9. The molecule has 0 atom stereocenters. The van der Waals surface area contributed by atoms with E-state index >= 15 is 0 Å². The minimum absolute atomic E-state index is 0.00935. The van der Waals surface area contributed by atoms with E-state index in [1.807, 2.05) is 53.9 Å². The van der Waals surface area contributed by atoms with Crippen molar-refractivity contribution in [2.24, 2.45) is 5.73 Å². The number of hydrogen-bond donors (Lipinski definition) is 2. The molecule has 0 aliphatic rings. The Balaban J connectivity index is 1.50. The fourth-order valence-electron chi connectivity index (χ4n) is 4.53. The number of carbonyl (C=O) groups excluding carboxylic acids is 1. The molecule has 0 aliphatic heterocycles. The third-order valence-corrected chi connectivity index (χ3v) is 7.28. The van der Waals surface area contributed by atoms with Crippen LogP contribution in [0.25, 0.3) is 22.1 Å². The van der Waals surface area contributed by atoms with E-state index in [1.165, 1.54) is 11.3 Å². The average Bonchev–Trinajstić information content (AvgIpc) is 3.66. The van der Waals surface area contributed by atoms with Crippen LogP contribution >= 0.6 is 11.3 Å². The van der Waals surface area contributed by atoms with Crippen LogP contribution in [0.2, 0.25) is 0 Å². The molecule has 0 fully saturated rings. The van der Waals surface area contributed by atoms with Crippen molar-refractivity contribution in [3.8, 4) is 22.6 Å². The lowest BCUT2D eigenvalue weighted by atomic mass is 10.00. The van der Waals surface area contributed by atoms with Crippen molar-refractivity contribution in [2.45, 2.75) is 33.2 Å². The molecule has 0 saturated carbocycles. The maximum absolute atomic E-state index is 12.2. The van der Waals surface area contributed by atoms with Crippen LogP contribution in [-0.2, 0) is 40.5 Å². The molecular formula is C32H31N3O6S. The molecule has 5 rings (SSSR count). The van der Waals surface area contributed by atoms with Gasteiger partial charge in [0.05, 0.1) is 25.9 Å². The molecule has 3 aromatic carbocycles. The summed E-state index contributed by atoms with van der Waals surface area (Å²) in [7, 11) is 1.63. The standard InChI is InChI=1S/C32H31N3O6S/c1-3-38-30(36)15-22-8-7-20(16-37-2)11-27(22)39-17-25-18-41-31-26(25)13-24(21-5-4-6-23(12-21)32(33)34)14-28(31)40-19-29-35-9-10-42-29/h4-14,18H,3,15-17,19H2,1-2H3,(H3,33,34). The molecule has 9 nitrogen and oxygen atoms in total. The number of thiazole rings is 1. The van der Waals surface area contributed by atoms with Crippen LogP contribution in [0.1, 0.15) is 34.2 Å². The normalized spacial score (nSPS) is 11.0. The van der Waals surface area contributed by atoms with Gasteiger partial charge in [-0.15, -0.1) is 11.3 Å². The summed E-state index contributed by atoms with van der Waals surface area (Å²) >= 11 is 1.51. The highest BCUT2D eigenvalue weighted by atomic mass is 32.1. The van der Waals surface area contributed by atoms with Gasteiger partial charge in [-0.1, -0.05) is 30.3 Å². The van der Waals surface area contributed by atoms with Crippen molar-refractivity contribution in [2.75, 3.05) is 13.7 Å². The molecule has 216 valence electrons. The molecule has 0 unspecified atom stereocenters. The molecule has 2 aromatic heterocycles. The summed E-state index contributed by atoms with van der Waals surface area (Å²) in [5.41, 5.74) is 11.1. The molecule has 0 radical (unpaired) electrons. The van der Waals surface area contributed by atoms with Gasteiger partial charge in [0, 0.05) is 40.8 Å². The number of aromatic nitrogens is 1. The summed E-state index contributed by atoms with van der Waals surface area (Å²) in [6.07, 6.45) is 3.48. The van der Waals surface area contributed by atoms with Crippen LogP contribution in [0, 0.1) is 5.41 Å². The fourth-order valence-corrected chi connectivity index (χ4v) is 5.06. The highest BCUT2D eigenvalue weighted by Gasteiger charge is 2.17. The minimum atomic E-state index is -0.324. The highest BCUT2D eigenvalue weighted by molar-refractivity contribution is 7.09. The molecule has 10 heteroatoms. The minimum Gasteiger partial charge on any atom is -0.488 e. The lowest BCUT2D eigenvalue weighted by Gasteiger charge is -2.13. The van der Waals surface area contributed by atoms with Gasteiger partial charge in [-0.05, 0) is 47.9 Å². The number of benzene rings is 3. The van der Waals surface area contributed by atoms with Crippen LogP contribution in [-0.4, -0.2) is 30.5 Å². The van der Waals surface area contributed by atoms with Crippen molar-refractivity contribution < 1.29 is 28.2 Å². The molecular weight excluding hydrogens is 554 g/mol. The van der Waals surface area contributed by atoms with Crippen molar-refractivity contribution in [3.05, 3.63) is 99.7 Å². The van der Waals surface area contributed by atoms with E-state index in [0.29, 0.717) is 42.5 Å². The van der Waals surface area contributed by atoms with Crippen LogP contribution in [0.3, 0.4) is 0 Å². The van der Waals surface area contributed by atoms with Crippen molar-refractivity contribution in [1.82, 2.24) is 4.98 Å². The van der Waals surface area contributed by atoms with Gasteiger partial charge in [0.2, 0.25) is 0 Å². The zero-order valence-corrected chi connectivity index (χ0v) is 24.2. The first-order valence-corrected chi connectivity index (χ1v) is 14.2. The number of carbonyl (C=O) groups is 1. The summed E-state index contributed by atoms with van der Waals surface area (Å²) in [4.78, 5) is 16.6. The van der Waals surface area contributed by atoms with Gasteiger partial charge in [-0.2, -0.15) is 0 Å². The molecule has 2 heterocycles. The van der Waals surface area contributed by atoms with E-state index in [2.05, 4.69) is 4.98 Å². The van der Waals surface area contributed by atoms with E-state index < -0.39 is 0 Å². The zero-order chi connectivity index (χ0) is 29.5. The molecule has 3 N–H and O–H groups in total. The first kappa shape index (κ1) is 28.8. The van der Waals surface area contributed by atoms with E-state index in [1.54, 1.807) is 32.6 Å². The number of furan rings is 1. The van der Waals surface area contributed by atoms with E-state index in [0.717, 1.165) is 38.2 Å². The number of ether oxygens (including phenoxy) is 4. The molecule has 5 aromatic rings. The van der Waals surface area contributed by atoms with Crippen molar-refractivity contribution in [3.63, 3.8) is 0 Å². The highest BCUT2D eigenvalue weighted by Crippen LogP contribution is 2.37. The Labute approximate surface area is 247 Å². The van der Waals surface area contributed by atoms with Crippen LogP contribution in [0.4, 0.5) is 0 Å². The number of methoxy groups -OCH3 is 1. The van der Waals surface area contributed by atoms with E-state index in [4.69, 9.17) is 34.5 Å². The Morgan fingerprint density at radius 1 is 1.00 bits per heavy atom. The quantitative estimate of drug-likeness (QED) is 0.0942. The summed E-state index contributed by atoms with van der Waals surface area (Å²) in [5, 5.41) is 11.4. The van der Waals surface area contributed by atoms with Gasteiger partial charge in [-0.3, -0.25) is 10.2 Å². The summed E-state index contributed by atoms with van der Waals surface area (Å²) < 4.78 is 28.9. The second-order valence-electron chi connectivity index (χ2n) is 9.47. The maximum atomic E-state index is 12.2. The van der Waals surface area contributed by atoms with Crippen LogP contribution < -0.4 is 15.2 Å². The molecule has 42 heavy (non-hydrogen) atoms. The Hall–Kier alpha value is -4.67. The summed E-state index contributed by atoms with van der Waals surface area (Å²) in [6.45, 7) is 2.97. The van der Waals surface area contributed by atoms with Crippen LogP contribution in [0.15, 0.2) is 76.9 Å². The number of amidine groups is 1. The topological polar surface area (TPSA) is 130 Å². The Bertz CT molecular complexity index is 1700. The van der Waals surface area contributed by atoms with Gasteiger partial charge < -0.3 is 29.1 Å². The van der Waals surface area contributed by atoms with Crippen molar-refractivity contribution >= 4 is 34.1 Å². The Kier molecular flexibility index (Phi) is 9.15. The predicted molar refractivity (Wildman–Crippen MR) is 161 cm³/mol. The third kappa shape index (κ3) is 6.79. The predicted octanol–water partition coefficient (Wildman–Crippen LogP) is 6.25. The fraction of sp³-hybridized carbons (Fsp3) is 0.219. The smallest absolute Gasteiger partial charge is 0.310 e. The first-order chi connectivity index (χ1) is 20.4. The Morgan fingerprint density at radius 3 is 2.62 bits per heavy atom. The van der Waals surface area contributed by atoms with E-state index in [-0.39, 0.29) is 24.8 Å². The molecule has 0 bridgehead atoms. The number of nitrogens with two attached hydrogens (primary N) is 1. The second-order valence-corrected chi connectivity index (χ2v) is 10.4. The first-order valence-electron chi connectivity index (χ1n) is 13.3. The molecule has 0 spiro atoms. The summed E-state index contributed by atoms with van der Waals surface area (Å²) in [6, 6.07) is 17.1. The van der Waals surface area contributed by atoms with Gasteiger partial charge >= 0.3 is 5.97 Å². The van der Waals surface area contributed by atoms with Crippen LogP contribution in [0.5, 0.6) is 11.5 Å². The summed E-state index contributed by atoms with van der Waals surface area (Å²) in [5.74, 6) is 0.791. The molecule has 0 saturated heterocycles. The monoisotopic (exact) mass is 585 g/mol. The number of nitrogen functional groups attached to an aromatic ring is 1. The Morgan fingerprint density at radius 2 is 1.86 bits per heavy atom. The average molecular weight is 586 g/mol. The number of fused-ring (bicyclic) bond motifs is 1. The number of nitrogens with one attached hydrogen (secondary N) is 1.